The summed E-state index contributed by atoms with van der Waals surface area (Å²) in [5, 5.41) is 5.14. The number of allylic oxidation sites excluding steroid dienone is 1. The molecule has 4 aliphatic carbocycles. The minimum Gasteiger partial charge on any atom is -0.255 e. The van der Waals surface area contributed by atoms with Gasteiger partial charge >= 0.3 is 10.3 Å². The van der Waals surface area contributed by atoms with Crippen LogP contribution in [0.1, 0.15) is 98.3 Å². The van der Waals surface area contributed by atoms with Crippen LogP contribution >= 0.6 is 0 Å². The van der Waals surface area contributed by atoms with Gasteiger partial charge in [0.15, 0.2) is 0 Å². The van der Waals surface area contributed by atoms with Crippen molar-refractivity contribution in [2.24, 2.45) is 52.0 Å². The molecule has 0 aromatic rings. The van der Waals surface area contributed by atoms with E-state index in [1.54, 1.807) is 0 Å². The van der Waals surface area contributed by atoms with E-state index >= 15 is 0 Å². The topological polar surface area (TPSA) is 69.4 Å². The van der Waals surface area contributed by atoms with E-state index in [4.69, 9.17) is 9.32 Å². The van der Waals surface area contributed by atoms with E-state index in [1.165, 1.54) is 56.9 Å². The maximum atomic E-state index is 11.4. The molecule has 4 rings (SSSR count). The molecule has 0 aromatic carbocycles. The van der Waals surface area contributed by atoms with Crippen molar-refractivity contribution in [1.29, 1.82) is 0 Å². The Kier molecular flexibility index (Phi) is 6.97. The molecule has 0 aliphatic heterocycles. The highest BCUT2D eigenvalue weighted by molar-refractivity contribution is 7.84. The lowest BCUT2D eigenvalue weighted by molar-refractivity contribution is -0.0115. The highest BCUT2D eigenvalue weighted by Crippen LogP contribution is 2.63. The Morgan fingerprint density at radius 3 is 2.52 bits per heavy atom. The van der Waals surface area contributed by atoms with Crippen LogP contribution in [0.3, 0.4) is 0 Å². The van der Waals surface area contributed by atoms with Gasteiger partial charge < -0.3 is 0 Å². The normalized spacial score (nSPS) is 41.3. The third kappa shape index (κ3) is 4.94. The molecular formula is C26H45NO3S. The van der Waals surface area contributed by atoms with E-state index in [1.807, 2.05) is 0 Å². The lowest BCUT2D eigenvalue weighted by Gasteiger charge is -2.55. The van der Waals surface area contributed by atoms with Crippen molar-refractivity contribution in [2.45, 2.75) is 104 Å². The first-order valence-corrected chi connectivity index (χ1v) is 14.5. The molecule has 31 heavy (non-hydrogen) atoms. The van der Waals surface area contributed by atoms with Crippen LogP contribution in [0.4, 0.5) is 0 Å². The van der Waals surface area contributed by atoms with E-state index < -0.39 is 10.3 Å². The molecule has 5 heteroatoms. The molecule has 8 atom stereocenters. The maximum absolute atomic E-state index is 11.4. The van der Waals surface area contributed by atoms with Crippen LogP contribution in [-0.2, 0) is 14.5 Å². The van der Waals surface area contributed by atoms with Crippen LogP contribution < -0.4 is 5.14 Å². The Labute approximate surface area is 191 Å². The Morgan fingerprint density at radius 1 is 1.06 bits per heavy atom. The van der Waals surface area contributed by atoms with Gasteiger partial charge in [-0.15, -0.1) is 0 Å². The molecule has 0 radical (unpaired) electrons. The zero-order chi connectivity index (χ0) is 22.4. The average Bonchev–Trinajstić information content (AvgIpc) is 3.11. The molecule has 3 fully saturated rings. The first-order valence-electron chi connectivity index (χ1n) is 13.0. The molecule has 178 valence electrons. The number of nitrogens with two attached hydrogens (primary N) is 1. The van der Waals surface area contributed by atoms with Gasteiger partial charge in [0.25, 0.3) is 0 Å². The summed E-state index contributed by atoms with van der Waals surface area (Å²) in [6.45, 7) is 9.69. The summed E-state index contributed by atoms with van der Waals surface area (Å²) in [7, 11) is -3.87. The predicted molar refractivity (Wildman–Crippen MR) is 126 cm³/mol. The molecule has 4 nitrogen and oxygen atoms in total. The summed E-state index contributed by atoms with van der Waals surface area (Å²) >= 11 is 0. The standard InChI is InChI=1S/C26H45NO3S/c1-17(2)6-5-7-18(3)21-10-11-23-22(21)12-13-25-24(23)9-8-19-16-20(30-31(27,28)29)14-15-26(19,25)4/h8,17-18,20-25H,5-7,9-16H2,1-4H3,(H2,27,28,29)/t18-,20+,21-,22?,23?,24?,25?,26+/m1/s1. The summed E-state index contributed by atoms with van der Waals surface area (Å²) in [6, 6.07) is 0. The monoisotopic (exact) mass is 451 g/mol. The number of rotatable bonds is 7. The van der Waals surface area contributed by atoms with Gasteiger partial charge in [-0.05, 0) is 98.2 Å². The second-order valence-corrected chi connectivity index (χ2v) is 13.2. The molecule has 3 saturated carbocycles. The van der Waals surface area contributed by atoms with Gasteiger partial charge in [-0.25, -0.2) is 5.14 Å². The minimum absolute atomic E-state index is 0.229. The van der Waals surface area contributed by atoms with Crippen molar-refractivity contribution in [3.05, 3.63) is 11.6 Å². The van der Waals surface area contributed by atoms with E-state index in [9.17, 15) is 8.42 Å². The van der Waals surface area contributed by atoms with Crippen molar-refractivity contribution in [1.82, 2.24) is 0 Å². The molecule has 4 aliphatic rings. The first kappa shape index (κ1) is 23.8. The van der Waals surface area contributed by atoms with Gasteiger partial charge in [0.1, 0.15) is 0 Å². The van der Waals surface area contributed by atoms with Crippen LogP contribution in [-0.4, -0.2) is 14.5 Å². The van der Waals surface area contributed by atoms with Crippen molar-refractivity contribution in [3.63, 3.8) is 0 Å². The number of fused-ring (bicyclic) bond motifs is 5. The predicted octanol–water partition coefficient (Wildman–Crippen LogP) is 6.23. The maximum Gasteiger partial charge on any atom is 0.333 e. The fourth-order valence-corrected chi connectivity index (χ4v) is 8.91. The van der Waals surface area contributed by atoms with E-state index in [0.717, 1.165) is 60.7 Å². The smallest absolute Gasteiger partial charge is 0.255 e. The zero-order valence-corrected chi connectivity index (χ0v) is 21.0. The van der Waals surface area contributed by atoms with Gasteiger partial charge in [-0.3, -0.25) is 4.18 Å². The van der Waals surface area contributed by atoms with Crippen LogP contribution in [0.15, 0.2) is 11.6 Å². The van der Waals surface area contributed by atoms with Gasteiger partial charge in [0, 0.05) is 0 Å². The minimum atomic E-state index is -3.87. The van der Waals surface area contributed by atoms with Gasteiger partial charge in [-0.1, -0.05) is 58.6 Å². The van der Waals surface area contributed by atoms with E-state index in [0.29, 0.717) is 0 Å². The van der Waals surface area contributed by atoms with Gasteiger partial charge in [0.05, 0.1) is 6.10 Å². The van der Waals surface area contributed by atoms with Gasteiger partial charge in [0.2, 0.25) is 0 Å². The largest absolute Gasteiger partial charge is 0.333 e. The van der Waals surface area contributed by atoms with Crippen LogP contribution in [0.25, 0.3) is 0 Å². The van der Waals surface area contributed by atoms with E-state index in [2.05, 4.69) is 33.8 Å². The second-order valence-electron chi connectivity index (χ2n) is 12.1. The van der Waals surface area contributed by atoms with Gasteiger partial charge in [-0.2, -0.15) is 8.42 Å². The molecule has 0 saturated heterocycles. The summed E-state index contributed by atoms with van der Waals surface area (Å²) < 4.78 is 28.0. The fourth-order valence-electron chi connectivity index (χ4n) is 8.37. The van der Waals surface area contributed by atoms with E-state index in [-0.39, 0.29) is 11.5 Å². The Morgan fingerprint density at radius 2 is 1.81 bits per heavy atom. The molecule has 0 bridgehead atoms. The number of hydrogen-bond donors (Lipinski definition) is 1. The Balaban J connectivity index is 1.42. The Bertz CT molecular complexity index is 776. The fraction of sp³-hybridized carbons (Fsp3) is 0.923. The summed E-state index contributed by atoms with van der Waals surface area (Å²) in [6.07, 6.45) is 15.8. The summed E-state index contributed by atoms with van der Waals surface area (Å²) in [4.78, 5) is 0. The highest BCUT2D eigenvalue weighted by atomic mass is 32.2. The summed E-state index contributed by atoms with van der Waals surface area (Å²) in [5.41, 5.74) is 1.68. The first-order chi connectivity index (χ1) is 14.6. The second kappa shape index (κ2) is 9.10. The van der Waals surface area contributed by atoms with Crippen LogP contribution in [0.2, 0.25) is 0 Å². The lowest BCUT2D eigenvalue weighted by atomic mass is 9.50. The quantitative estimate of drug-likeness (QED) is 0.467. The third-order valence-electron chi connectivity index (χ3n) is 9.87. The molecular weight excluding hydrogens is 406 g/mol. The average molecular weight is 452 g/mol. The molecule has 0 amide bonds. The van der Waals surface area contributed by atoms with Crippen LogP contribution in [0.5, 0.6) is 0 Å². The SMILES string of the molecule is CC(C)CCC[C@@H](C)[C@H]1CCC2C3CC=C4C[C@@H](OS(N)(=O)=O)CC[C@]4(C)C3CCC21. The summed E-state index contributed by atoms with van der Waals surface area (Å²) in [5.74, 6) is 6.08. The van der Waals surface area contributed by atoms with Crippen molar-refractivity contribution < 1.29 is 12.6 Å². The highest BCUT2D eigenvalue weighted by Gasteiger charge is 2.54. The third-order valence-corrected chi connectivity index (χ3v) is 10.4. The number of hydrogen-bond acceptors (Lipinski definition) is 3. The molecule has 4 unspecified atom stereocenters. The molecule has 0 aromatic heterocycles. The van der Waals surface area contributed by atoms with Crippen molar-refractivity contribution >= 4 is 10.3 Å². The Hall–Kier alpha value is -0.390. The molecule has 0 heterocycles. The van der Waals surface area contributed by atoms with Crippen molar-refractivity contribution in [2.75, 3.05) is 0 Å². The lowest BCUT2D eigenvalue weighted by Crippen LogP contribution is -2.48. The molecule has 0 spiro atoms. The zero-order valence-electron chi connectivity index (χ0n) is 20.2. The van der Waals surface area contributed by atoms with Crippen molar-refractivity contribution in [3.8, 4) is 0 Å². The van der Waals surface area contributed by atoms with Crippen LogP contribution in [0, 0.1) is 46.8 Å². The molecule has 2 N–H and O–H groups in total.